The minimum absolute atomic E-state index is 0.145. The molecule has 1 aromatic rings. The molecule has 0 radical (unpaired) electrons. The van der Waals surface area contributed by atoms with E-state index >= 15 is 0 Å². The molecule has 1 amide bonds. The van der Waals surface area contributed by atoms with E-state index in [-0.39, 0.29) is 12.3 Å². The van der Waals surface area contributed by atoms with Crippen LogP contribution in [-0.4, -0.2) is 29.8 Å². The van der Waals surface area contributed by atoms with Crippen LogP contribution in [0.2, 0.25) is 0 Å². The molecule has 104 valence electrons. The van der Waals surface area contributed by atoms with Crippen molar-refractivity contribution in [1.29, 1.82) is 0 Å². The fourth-order valence-electron chi connectivity index (χ4n) is 2.37. The minimum atomic E-state index is -2.78. The molecule has 1 aliphatic rings. The molecule has 0 aromatic heterocycles. The number of rotatable bonds is 2. The standard InChI is InChI=1S/C14H18F2N2O/c1-2-10-6-11(8-12(17)7-10)13(19)18-5-3-4-14(15,16)9-18/h6-8H,2-5,9,17H2,1H3. The Kier molecular flexibility index (Phi) is 3.73. The first-order valence-electron chi connectivity index (χ1n) is 6.48. The van der Waals surface area contributed by atoms with Crippen molar-refractivity contribution >= 4 is 11.6 Å². The molecule has 1 saturated heterocycles. The van der Waals surface area contributed by atoms with Gasteiger partial charge in [0.15, 0.2) is 0 Å². The Morgan fingerprint density at radius 2 is 2.16 bits per heavy atom. The number of alkyl halides is 2. The summed E-state index contributed by atoms with van der Waals surface area (Å²) < 4.78 is 26.7. The van der Waals surface area contributed by atoms with E-state index in [4.69, 9.17) is 5.73 Å². The largest absolute Gasteiger partial charge is 0.399 e. The Morgan fingerprint density at radius 1 is 1.42 bits per heavy atom. The zero-order valence-electron chi connectivity index (χ0n) is 11.0. The van der Waals surface area contributed by atoms with E-state index in [2.05, 4.69) is 0 Å². The highest BCUT2D eigenvalue weighted by molar-refractivity contribution is 5.95. The Labute approximate surface area is 111 Å². The van der Waals surface area contributed by atoms with Gasteiger partial charge in [-0.15, -0.1) is 0 Å². The quantitative estimate of drug-likeness (QED) is 0.838. The predicted molar refractivity (Wildman–Crippen MR) is 70.3 cm³/mol. The highest BCUT2D eigenvalue weighted by Gasteiger charge is 2.37. The molecule has 0 saturated carbocycles. The van der Waals surface area contributed by atoms with Gasteiger partial charge in [-0.05, 0) is 36.6 Å². The van der Waals surface area contributed by atoms with Gasteiger partial charge in [0.1, 0.15) is 0 Å². The lowest BCUT2D eigenvalue weighted by molar-refractivity contribution is -0.0560. The van der Waals surface area contributed by atoms with Crippen molar-refractivity contribution in [3.05, 3.63) is 29.3 Å². The Balaban J connectivity index is 2.21. The summed E-state index contributed by atoms with van der Waals surface area (Å²) in [6.07, 6.45) is 0.942. The van der Waals surface area contributed by atoms with Crippen LogP contribution in [0.4, 0.5) is 14.5 Å². The number of carbonyl (C=O) groups is 1. The molecule has 0 bridgehead atoms. The van der Waals surface area contributed by atoms with Crippen LogP contribution in [0.15, 0.2) is 18.2 Å². The van der Waals surface area contributed by atoms with Crippen molar-refractivity contribution < 1.29 is 13.6 Å². The van der Waals surface area contributed by atoms with E-state index in [1.165, 1.54) is 4.90 Å². The first-order chi connectivity index (χ1) is 8.91. The minimum Gasteiger partial charge on any atom is -0.399 e. The summed E-state index contributed by atoms with van der Waals surface area (Å²) in [5.41, 5.74) is 7.56. The summed E-state index contributed by atoms with van der Waals surface area (Å²) in [7, 11) is 0. The van der Waals surface area contributed by atoms with Crippen LogP contribution in [-0.2, 0) is 6.42 Å². The van der Waals surface area contributed by atoms with Crippen molar-refractivity contribution in [2.24, 2.45) is 0 Å². The van der Waals surface area contributed by atoms with Gasteiger partial charge in [-0.1, -0.05) is 6.92 Å². The van der Waals surface area contributed by atoms with Crippen LogP contribution in [0.1, 0.15) is 35.7 Å². The third kappa shape index (κ3) is 3.22. The maximum Gasteiger partial charge on any atom is 0.265 e. The number of amides is 1. The van der Waals surface area contributed by atoms with Crippen LogP contribution in [0.5, 0.6) is 0 Å². The highest BCUT2D eigenvalue weighted by atomic mass is 19.3. The van der Waals surface area contributed by atoms with E-state index in [0.717, 1.165) is 12.0 Å². The second kappa shape index (κ2) is 5.15. The number of nitrogen functional groups attached to an aromatic ring is 1. The maximum absolute atomic E-state index is 13.3. The zero-order valence-corrected chi connectivity index (χ0v) is 11.0. The first kappa shape index (κ1) is 13.8. The number of benzene rings is 1. The van der Waals surface area contributed by atoms with Crippen molar-refractivity contribution in [3.8, 4) is 0 Å². The third-order valence-electron chi connectivity index (χ3n) is 3.35. The number of aryl methyl sites for hydroxylation is 1. The fourth-order valence-corrected chi connectivity index (χ4v) is 2.37. The molecule has 0 aliphatic carbocycles. The Hall–Kier alpha value is -1.65. The molecular weight excluding hydrogens is 250 g/mol. The maximum atomic E-state index is 13.3. The van der Waals surface area contributed by atoms with E-state index in [0.29, 0.717) is 24.2 Å². The molecule has 0 spiro atoms. The topological polar surface area (TPSA) is 46.3 Å². The number of anilines is 1. The summed E-state index contributed by atoms with van der Waals surface area (Å²) in [5, 5.41) is 0. The fraction of sp³-hybridized carbons (Fsp3) is 0.500. The van der Waals surface area contributed by atoms with Crippen molar-refractivity contribution in [2.75, 3.05) is 18.8 Å². The van der Waals surface area contributed by atoms with Gasteiger partial charge < -0.3 is 10.6 Å². The molecule has 1 fully saturated rings. The molecule has 5 heteroatoms. The van der Waals surface area contributed by atoms with Gasteiger partial charge >= 0.3 is 0 Å². The van der Waals surface area contributed by atoms with Gasteiger partial charge in [0.25, 0.3) is 11.8 Å². The molecule has 2 N–H and O–H groups in total. The first-order valence-corrected chi connectivity index (χ1v) is 6.48. The van der Waals surface area contributed by atoms with Crippen LogP contribution in [0, 0.1) is 0 Å². The zero-order chi connectivity index (χ0) is 14.0. The van der Waals surface area contributed by atoms with Gasteiger partial charge in [-0.2, -0.15) is 0 Å². The van der Waals surface area contributed by atoms with Gasteiger partial charge in [-0.3, -0.25) is 4.79 Å². The second-order valence-corrected chi connectivity index (χ2v) is 5.00. The molecular formula is C14H18F2N2O. The van der Waals surface area contributed by atoms with Gasteiger partial charge in [0, 0.05) is 24.2 Å². The monoisotopic (exact) mass is 268 g/mol. The van der Waals surface area contributed by atoms with Gasteiger partial charge in [-0.25, -0.2) is 8.78 Å². The van der Waals surface area contributed by atoms with Crippen LogP contribution >= 0.6 is 0 Å². The Morgan fingerprint density at radius 3 is 2.79 bits per heavy atom. The Bertz CT molecular complexity index is 488. The van der Waals surface area contributed by atoms with Crippen molar-refractivity contribution in [3.63, 3.8) is 0 Å². The molecule has 0 unspecified atom stereocenters. The lowest BCUT2D eigenvalue weighted by atomic mass is 10.0. The van der Waals surface area contributed by atoms with Crippen molar-refractivity contribution in [2.45, 2.75) is 32.1 Å². The number of hydrogen-bond acceptors (Lipinski definition) is 2. The number of nitrogens with zero attached hydrogens (tertiary/aromatic N) is 1. The molecule has 1 aliphatic heterocycles. The molecule has 1 heterocycles. The number of nitrogens with two attached hydrogens (primary N) is 1. The number of halogens is 2. The van der Waals surface area contributed by atoms with E-state index in [1.54, 1.807) is 18.2 Å². The smallest absolute Gasteiger partial charge is 0.265 e. The molecule has 0 atom stereocenters. The summed E-state index contributed by atoms with van der Waals surface area (Å²) in [5.74, 6) is -3.14. The van der Waals surface area contributed by atoms with Gasteiger partial charge in [0.2, 0.25) is 0 Å². The lowest BCUT2D eigenvalue weighted by Gasteiger charge is -2.32. The van der Waals surface area contributed by atoms with Crippen molar-refractivity contribution in [1.82, 2.24) is 4.90 Å². The molecule has 19 heavy (non-hydrogen) atoms. The predicted octanol–water partition coefficient (Wildman–Crippen LogP) is 2.70. The van der Waals surface area contributed by atoms with Crippen LogP contribution in [0.25, 0.3) is 0 Å². The summed E-state index contributed by atoms with van der Waals surface area (Å²) >= 11 is 0. The van der Waals surface area contributed by atoms with Gasteiger partial charge in [0.05, 0.1) is 6.54 Å². The number of carbonyl (C=O) groups excluding carboxylic acids is 1. The lowest BCUT2D eigenvalue weighted by Crippen LogP contribution is -2.45. The summed E-state index contributed by atoms with van der Waals surface area (Å²) in [4.78, 5) is 13.5. The number of hydrogen-bond donors (Lipinski definition) is 1. The second-order valence-electron chi connectivity index (χ2n) is 5.00. The summed E-state index contributed by atoms with van der Waals surface area (Å²) in [6, 6.07) is 5.07. The van der Waals surface area contributed by atoms with Crippen LogP contribution < -0.4 is 5.73 Å². The number of likely N-dealkylation sites (tertiary alicyclic amines) is 1. The SMILES string of the molecule is CCc1cc(N)cc(C(=O)N2CCCC(F)(F)C2)c1. The molecule has 1 aromatic carbocycles. The molecule has 3 nitrogen and oxygen atoms in total. The average Bonchev–Trinajstić information content (AvgIpc) is 2.35. The third-order valence-corrected chi connectivity index (χ3v) is 3.35. The van der Waals surface area contributed by atoms with E-state index in [1.807, 2.05) is 6.92 Å². The average molecular weight is 268 g/mol. The van der Waals surface area contributed by atoms with E-state index in [9.17, 15) is 13.6 Å². The summed E-state index contributed by atoms with van der Waals surface area (Å²) in [6.45, 7) is 1.84. The van der Waals surface area contributed by atoms with E-state index < -0.39 is 12.5 Å². The van der Waals surface area contributed by atoms with Crippen LogP contribution in [0.3, 0.4) is 0 Å². The number of piperidine rings is 1. The molecule has 2 rings (SSSR count). The normalized spacial score (nSPS) is 18.4. The highest BCUT2D eigenvalue weighted by Crippen LogP contribution is 2.27.